The van der Waals surface area contributed by atoms with Crippen LogP contribution in [0.1, 0.15) is 84.0 Å². The second-order valence-electron chi connectivity index (χ2n) is 5.73. The first-order valence-corrected chi connectivity index (χ1v) is 10.3. The number of aliphatic carboxylic acids is 1. The van der Waals surface area contributed by atoms with Gasteiger partial charge in [0.2, 0.25) is 0 Å². The molecule has 0 bridgehead atoms. The molecule has 140 valence electrons. The third kappa shape index (κ3) is 33.8. The molecular weight excluding hydrogens is 341 g/mol. The molecular formula is C16H34NNaO5S. The second kappa shape index (κ2) is 21.4. The summed E-state index contributed by atoms with van der Waals surface area (Å²) in [5.41, 5.74) is 4.74. The maximum atomic E-state index is 10.3. The van der Waals surface area contributed by atoms with Gasteiger partial charge in [-0.15, -0.1) is 0 Å². The SMILES string of the molecule is CCCCCCCCCCCCCC(=O)O.NCCS(=O)(=O)[O-].[Na+]. The summed E-state index contributed by atoms with van der Waals surface area (Å²) < 4.78 is 28.8. The van der Waals surface area contributed by atoms with Crippen molar-refractivity contribution in [3.05, 3.63) is 0 Å². The van der Waals surface area contributed by atoms with Crippen LogP contribution in [0.2, 0.25) is 0 Å². The molecule has 0 saturated heterocycles. The number of hydrogen-bond donors (Lipinski definition) is 2. The van der Waals surface area contributed by atoms with Crippen molar-refractivity contribution >= 4 is 16.1 Å². The van der Waals surface area contributed by atoms with Crippen LogP contribution in [-0.2, 0) is 14.9 Å². The number of nitrogens with two attached hydrogens (primary N) is 1. The van der Waals surface area contributed by atoms with Crippen LogP contribution >= 0.6 is 0 Å². The van der Waals surface area contributed by atoms with Gasteiger partial charge >= 0.3 is 35.5 Å². The maximum absolute atomic E-state index is 10.3. The van der Waals surface area contributed by atoms with E-state index in [-0.39, 0.29) is 36.1 Å². The zero-order valence-electron chi connectivity index (χ0n) is 15.5. The van der Waals surface area contributed by atoms with E-state index in [2.05, 4.69) is 6.92 Å². The van der Waals surface area contributed by atoms with E-state index in [1.165, 1.54) is 57.8 Å². The van der Waals surface area contributed by atoms with Crippen LogP contribution in [0, 0.1) is 0 Å². The fourth-order valence-electron chi connectivity index (χ4n) is 2.08. The van der Waals surface area contributed by atoms with Gasteiger partial charge in [0.05, 0.1) is 15.9 Å². The van der Waals surface area contributed by atoms with E-state index in [0.29, 0.717) is 6.42 Å². The topological polar surface area (TPSA) is 121 Å². The number of unbranched alkanes of at least 4 members (excludes halogenated alkanes) is 10. The van der Waals surface area contributed by atoms with Crippen molar-refractivity contribution in [1.29, 1.82) is 0 Å². The first-order chi connectivity index (χ1) is 10.8. The molecule has 0 aliphatic heterocycles. The average Bonchev–Trinajstić information content (AvgIpc) is 2.44. The molecule has 0 unspecified atom stereocenters. The van der Waals surface area contributed by atoms with Gasteiger partial charge in [-0.05, 0) is 6.42 Å². The van der Waals surface area contributed by atoms with Crippen molar-refractivity contribution in [3.8, 4) is 0 Å². The molecule has 8 heteroatoms. The Balaban J connectivity index is -0.000000468. The van der Waals surface area contributed by atoms with Crippen molar-refractivity contribution in [2.75, 3.05) is 12.3 Å². The Labute approximate surface area is 170 Å². The van der Waals surface area contributed by atoms with Crippen LogP contribution < -0.4 is 35.3 Å². The largest absolute Gasteiger partial charge is 1.00 e. The summed E-state index contributed by atoms with van der Waals surface area (Å²) >= 11 is 0. The summed E-state index contributed by atoms with van der Waals surface area (Å²) in [6.45, 7) is 2.16. The predicted octanol–water partition coefficient (Wildman–Crippen LogP) is 0.266. The molecule has 0 aliphatic carbocycles. The van der Waals surface area contributed by atoms with Crippen LogP contribution in [-0.4, -0.2) is 36.3 Å². The monoisotopic (exact) mass is 375 g/mol. The summed E-state index contributed by atoms with van der Waals surface area (Å²) in [6, 6.07) is 0. The Kier molecular flexibility index (Phi) is 25.9. The molecule has 0 aliphatic rings. The number of carbonyl (C=O) groups is 1. The second-order valence-corrected chi connectivity index (χ2v) is 7.25. The molecule has 24 heavy (non-hydrogen) atoms. The van der Waals surface area contributed by atoms with Crippen LogP contribution in [0.5, 0.6) is 0 Å². The molecule has 0 spiro atoms. The minimum Gasteiger partial charge on any atom is -0.748 e. The fourth-order valence-corrected chi connectivity index (χ4v) is 2.37. The van der Waals surface area contributed by atoms with Crippen molar-refractivity contribution in [3.63, 3.8) is 0 Å². The quantitative estimate of drug-likeness (QED) is 0.255. The average molecular weight is 376 g/mol. The van der Waals surface area contributed by atoms with E-state index in [1.54, 1.807) is 0 Å². The number of hydrogen-bond acceptors (Lipinski definition) is 5. The fraction of sp³-hybridized carbons (Fsp3) is 0.938. The maximum Gasteiger partial charge on any atom is 1.00 e. The molecule has 0 aromatic heterocycles. The molecule has 0 heterocycles. The Morgan fingerprint density at radius 1 is 0.917 bits per heavy atom. The standard InChI is InChI=1S/C14H28O2.C2H7NO3S.Na/c1-2-3-4-5-6-7-8-9-10-11-12-13-14(15)16;3-1-2-7(4,5)6;/h2-13H2,1H3,(H,15,16);1-3H2,(H,4,5,6);/q;;+1/p-1. The summed E-state index contributed by atoms with van der Waals surface area (Å²) in [5.74, 6) is -1.12. The third-order valence-corrected chi connectivity index (χ3v) is 4.10. The summed E-state index contributed by atoms with van der Waals surface area (Å²) in [5, 5.41) is 8.46. The molecule has 0 aromatic rings. The van der Waals surface area contributed by atoms with Crippen LogP contribution in [0.15, 0.2) is 0 Å². The zero-order chi connectivity index (χ0) is 18.0. The van der Waals surface area contributed by atoms with Crippen LogP contribution in [0.4, 0.5) is 0 Å². The summed E-state index contributed by atoms with van der Waals surface area (Å²) in [4.78, 5) is 10.3. The van der Waals surface area contributed by atoms with Crippen molar-refractivity contribution < 1.29 is 52.4 Å². The van der Waals surface area contributed by atoms with E-state index >= 15 is 0 Å². The van der Waals surface area contributed by atoms with Crippen LogP contribution in [0.25, 0.3) is 0 Å². The molecule has 6 nitrogen and oxygen atoms in total. The third-order valence-electron chi connectivity index (χ3n) is 3.36. The molecule has 0 radical (unpaired) electrons. The van der Waals surface area contributed by atoms with E-state index in [1.807, 2.05) is 0 Å². The van der Waals surface area contributed by atoms with Crippen molar-refractivity contribution in [2.24, 2.45) is 5.73 Å². The predicted molar refractivity (Wildman–Crippen MR) is 92.3 cm³/mol. The van der Waals surface area contributed by atoms with E-state index in [9.17, 15) is 17.8 Å². The van der Waals surface area contributed by atoms with Gasteiger partial charge in [-0.25, -0.2) is 8.42 Å². The zero-order valence-corrected chi connectivity index (χ0v) is 18.3. The molecule has 0 aromatic carbocycles. The van der Waals surface area contributed by atoms with E-state index < -0.39 is 21.8 Å². The number of carboxylic acid groups (broad SMARTS) is 1. The smallest absolute Gasteiger partial charge is 0.748 e. The van der Waals surface area contributed by atoms with Gasteiger partial charge in [-0.2, -0.15) is 0 Å². The Hall–Kier alpha value is 0.340. The first kappa shape index (κ1) is 29.1. The van der Waals surface area contributed by atoms with Crippen molar-refractivity contribution in [1.82, 2.24) is 0 Å². The summed E-state index contributed by atoms with van der Waals surface area (Å²) in [6.07, 6.45) is 14.4. The van der Waals surface area contributed by atoms with Gasteiger partial charge in [-0.3, -0.25) is 4.79 Å². The van der Waals surface area contributed by atoms with Gasteiger partial charge in [0.25, 0.3) is 0 Å². The van der Waals surface area contributed by atoms with Gasteiger partial charge < -0.3 is 15.4 Å². The summed E-state index contributed by atoms with van der Waals surface area (Å²) in [7, 11) is -4.05. The van der Waals surface area contributed by atoms with E-state index in [4.69, 9.17) is 10.8 Å². The van der Waals surface area contributed by atoms with Gasteiger partial charge in [0, 0.05) is 13.0 Å². The molecule has 0 atom stereocenters. The van der Waals surface area contributed by atoms with E-state index in [0.717, 1.165) is 12.8 Å². The minimum atomic E-state index is -4.05. The normalized spacial score (nSPS) is 10.5. The Bertz CT molecular complexity index is 363. The number of rotatable bonds is 14. The van der Waals surface area contributed by atoms with Gasteiger partial charge in [-0.1, -0.05) is 71.1 Å². The molecule has 0 fully saturated rings. The molecule has 0 amide bonds. The van der Waals surface area contributed by atoms with Crippen molar-refractivity contribution in [2.45, 2.75) is 84.0 Å². The Morgan fingerprint density at radius 3 is 1.54 bits per heavy atom. The molecule has 3 N–H and O–H groups in total. The van der Waals surface area contributed by atoms with Crippen LogP contribution in [0.3, 0.4) is 0 Å². The molecule has 0 rings (SSSR count). The molecule has 0 saturated carbocycles. The number of carboxylic acids is 1. The first-order valence-electron chi connectivity index (χ1n) is 8.69. The minimum absolute atomic E-state index is 0. The Morgan fingerprint density at radius 2 is 1.29 bits per heavy atom. The van der Waals surface area contributed by atoms with Gasteiger partial charge in [0.1, 0.15) is 0 Å². The van der Waals surface area contributed by atoms with Gasteiger partial charge in [0.15, 0.2) is 0 Å².